The van der Waals surface area contributed by atoms with Crippen LogP contribution in [0.15, 0.2) is 54.6 Å². The maximum Gasteiger partial charge on any atom is 0.0487 e. The standard InChI is InChI=1S/C19H18ClN/c1-13-7-9-15-5-3-4-6-16(15)19(13)17-10-8-14(12-21-2)11-18(17)20/h3-11,21H,12H2,1-2H3. The zero-order valence-corrected chi connectivity index (χ0v) is 13.0. The maximum absolute atomic E-state index is 6.54. The number of hydrogen-bond donors (Lipinski definition) is 1. The molecule has 3 aromatic carbocycles. The van der Waals surface area contributed by atoms with Crippen LogP contribution in [0, 0.1) is 6.92 Å². The summed E-state index contributed by atoms with van der Waals surface area (Å²) in [7, 11) is 1.94. The number of nitrogens with one attached hydrogen (secondary N) is 1. The summed E-state index contributed by atoms with van der Waals surface area (Å²) >= 11 is 6.54. The lowest BCUT2D eigenvalue weighted by molar-refractivity contribution is 0.818. The van der Waals surface area contributed by atoms with Crippen LogP contribution in [0.3, 0.4) is 0 Å². The third kappa shape index (κ3) is 2.67. The first-order chi connectivity index (χ1) is 10.2. The van der Waals surface area contributed by atoms with Crippen LogP contribution < -0.4 is 5.32 Å². The minimum absolute atomic E-state index is 0.808. The monoisotopic (exact) mass is 295 g/mol. The van der Waals surface area contributed by atoms with Crippen molar-refractivity contribution in [3.05, 3.63) is 70.7 Å². The zero-order valence-electron chi connectivity index (χ0n) is 12.3. The normalized spacial score (nSPS) is 11.0. The first-order valence-corrected chi connectivity index (χ1v) is 7.50. The molecule has 0 unspecified atom stereocenters. The van der Waals surface area contributed by atoms with Gasteiger partial charge in [-0.05, 0) is 47.5 Å². The predicted octanol–water partition coefficient (Wildman–Crippen LogP) is 5.19. The van der Waals surface area contributed by atoms with Gasteiger partial charge in [0.15, 0.2) is 0 Å². The summed E-state index contributed by atoms with van der Waals surface area (Å²) in [5.74, 6) is 0. The Hall–Kier alpha value is -1.83. The SMILES string of the molecule is CNCc1ccc(-c2c(C)ccc3ccccc23)c(Cl)c1. The molecule has 0 aliphatic rings. The molecule has 0 fully saturated rings. The van der Waals surface area contributed by atoms with E-state index in [4.69, 9.17) is 11.6 Å². The Kier molecular flexibility index (Phi) is 3.96. The molecule has 106 valence electrons. The molecule has 3 aromatic rings. The molecule has 3 rings (SSSR count). The van der Waals surface area contributed by atoms with Gasteiger partial charge in [0.1, 0.15) is 0 Å². The van der Waals surface area contributed by atoms with Gasteiger partial charge in [0.2, 0.25) is 0 Å². The van der Waals surface area contributed by atoms with E-state index in [1.54, 1.807) is 0 Å². The van der Waals surface area contributed by atoms with E-state index in [1.807, 2.05) is 7.05 Å². The first-order valence-electron chi connectivity index (χ1n) is 7.12. The molecule has 0 radical (unpaired) electrons. The molecule has 0 amide bonds. The van der Waals surface area contributed by atoms with Gasteiger partial charge in [-0.15, -0.1) is 0 Å². The van der Waals surface area contributed by atoms with Crippen LogP contribution in [0.4, 0.5) is 0 Å². The average Bonchev–Trinajstić information content (AvgIpc) is 2.49. The number of halogens is 1. The minimum Gasteiger partial charge on any atom is -0.316 e. The van der Waals surface area contributed by atoms with Crippen LogP contribution in [0.2, 0.25) is 5.02 Å². The number of aryl methyl sites for hydroxylation is 1. The van der Waals surface area contributed by atoms with Crippen molar-refractivity contribution in [2.24, 2.45) is 0 Å². The molecule has 0 bridgehead atoms. The molecular weight excluding hydrogens is 278 g/mol. The van der Waals surface area contributed by atoms with Crippen LogP contribution in [0.5, 0.6) is 0 Å². The minimum atomic E-state index is 0.808. The largest absolute Gasteiger partial charge is 0.316 e. The van der Waals surface area contributed by atoms with Crippen molar-refractivity contribution in [2.75, 3.05) is 7.05 Å². The third-order valence-corrected chi connectivity index (χ3v) is 4.13. The molecule has 0 saturated carbocycles. The van der Waals surface area contributed by atoms with Crippen molar-refractivity contribution >= 4 is 22.4 Å². The van der Waals surface area contributed by atoms with E-state index < -0.39 is 0 Å². The average molecular weight is 296 g/mol. The third-order valence-electron chi connectivity index (χ3n) is 3.82. The lowest BCUT2D eigenvalue weighted by Gasteiger charge is -2.13. The van der Waals surface area contributed by atoms with Gasteiger partial charge in [-0.25, -0.2) is 0 Å². The summed E-state index contributed by atoms with van der Waals surface area (Å²) < 4.78 is 0. The summed E-state index contributed by atoms with van der Waals surface area (Å²) in [4.78, 5) is 0. The Morgan fingerprint density at radius 3 is 2.57 bits per heavy atom. The van der Waals surface area contributed by atoms with E-state index in [2.05, 4.69) is 66.8 Å². The van der Waals surface area contributed by atoms with E-state index in [9.17, 15) is 0 Å². The summed E-state index contributed by atoms with van der Waals surface area (Å²) in [5.41, 5.74) is 4.78. The van der Waals surface area contributed by atoms with E-state index in [1.165, 1.54) is 27.5 Å². The molecular formula is C19H18ClN. The smallest absolute Gasteiger partial charge is 0.0487 e. The highest BCUT2D eigenvalue weighted by Crippen LogP contribution is 2.36. The fourth-order valence-corrected chi connectivity index (χ4v) is 3.11. The number of rotatable bonds is 3. The van der Waals surface area contributed by atoms with Gasteiger partial charge in [-0.2, -0.15) is 0 Å². The van der Waals surface area contributed by atoms with Crippen molar-refractivity contribution in [1.29, 1.82) is 0 Å². The highest BCUT2D eigenvalue weighted by Gasteiger charge is 2.11. The molecule has 0 atom stereocenters. The van der Waals surface area contributed by atoms with Crippen molar-refractivity contribution < 1.29 is 0 Å². The van der Waals surface area contributed by atoms with E-state index in [0.29, 0.717) is 0 Å². The van der Waals surface area contributed by atoms with E-state index >= 15 is 0 Å². The molecule has 0 aliphatic heterocycles. The van der Waals surface area contributed by atoms with Gasteiger partial charge in [-0.3, -0.25) is 0 Å². The summed E-state index contributed by atoms with van der Waals surface area (Å²) in [6.45, 7) is 2.97. The number of benzene rings is 3. The van der Waals surface area contributed by atoms with Crippen molar-refractivity contribution in [2.45, 2.75) is 13.5 Å². The second-order valence-corrected chi connectivity index (χ2v) is 5.73. The van der Waals surface area contributed by atoms with Crippen LogP contribution in [0.25, 0.3) is 21.9 Å². The Morgan fingerprint density at radius 2 is 1.81 bits per heavy atom. The fourth-order valence-electron chi connectivity index (χ4n) is 2.81. The predicted molar refractivity (Wildman–Crippen MR) is 91.9 cm³/mol. The van der Waals surface area contributed by atoms with Gasteiger partial charge >= 0.3 is 0 Å². The van der Waals surface area contributed by atoms with Gasteiger partial charge in [0.25, 0.3) is 0 Å². The van der Waals surface area contributed by atoms with Crippen molar-refractivity contribution in [3.8, 4) is 11.1 Å². The molecule has 0 aliphatic carbocycles. The molecule has 1 N–H and O–H groups in total. The maximum atomic E-state index is 6.54. The van der Waals surface area contributed by atoms with Gasteiger partial charge < -0.3 is 5.32 Å². The van der Waals surface area contributed by atoms with Crippen molar-refractivity contribution in [3.63, 3.8) is 0 Å². The Morgan fingerprint density at radius 1 is 1.00 bits per heavy atom. The number of hydrogen-bond acceptors (Lipinski definition) is 1. The lowest BCUT2D eigenvalue weighted by Crippen LogP contribution is -2.04. The van der Waals surface area contributed by atoms with Crippen LogP contribution in [-0.2, 0) is 6.54 Å². The van der Waals surface area contributed by atoms with Gasteiger partial charge in [0, 0.05) is 17.1 Å². The van der Waals surface area contributed by atoms with E-state index in [-0.39, 0.29) is 0 Å². The molecule has 0 spiro atoms. The summed E-state index contributed by atoms with van der Waals surface area (Å²) in [6, 6.07) is 19.1. The number of fused-ring (bicyclic) bond motifs is 1. The molecule has 2 heteroatoms. The summed E-state index contributed by atoms with van der Waals surface area (Å²) in [6.07, 6.45) is 0. The Bertz CT molecular complexity index is 793. The molecule has 0 aromatic heterocycles. The highest BCUT2D eigenvalue weighted by molar-refractivity contribution is 6.34. The Balaban J connectivity index is 2.23. The molecule has 1 nitrogen and oxygen atoms in total. The highest BCUT2D eigenvalue weighted by atomic mass is 35.5. The van der Waals surface area contributed by atoms with Gasteiger partial charge in [0.05, 0.1) is 0 Å². The van der Waals surface area contributed by atoms with Crippen LogP contribution in [-0.4, -0.2) is 7.05 Å². The van der Waals surface area contributed by atoms with Crippen LogP contribution >= 0.6 is 11.6 Å². The van der Waals surface area contributed by atoms with E-state index in [0.717, 1.165) is 17.1 Å². The fraction of sp³-hybridized carbons (Fsp3) is 0.158. The molecule has 0 saturated heterocycles. The zero-order chi connectivity index (χ0) is 14.8. The lowest BCUT2D eigenvalue weighted by atomic mass is 9.93. The summed E-state index contributed by atoms with van der Waals surface area (Å²) in [5, 5.41) is 6.46. The quantitative estimate of drug-likeness (QED) is 0.701. The first kappa shape index (κ1) is 14.1. The topological polar surface area (TPSA) is 12.0 Å². The van der Waals surface area contributed by atoms with Crippen LogP contribution in [0.1, 0.15) is 11.1 Å². The molecule has 21 heavy (non-hydrogen) atoms. The van der Waals surface area contributed by atoms with Crippen molar-refractivity contribution in [1.82, 2.24) is 5.32 Å². The van der Waals surface area contributed by atoms with Gasteiger partial charge in [-0.1, -0.05) is 60.1 Å². The second kappa shape index (κ2) is 5.88. The second-order valence-electron chi connectivity index (χ2n) is 5.32. The molecule has 0 heterocycles. The Labute approximate surface area is 130 Å².